The van der Waals surface area contributed by atoms with Crippen molar-refractivity contribution in [2.75, 3.05) is 0 Å². The van der Waals surface area contributed by atoms with E-state index in [1.807, 2.05) is 26.2 Å². The van der Waals surface area contributed by atoms with Gasteiger partial charge in [-0.1, -0.05) is 26.0 Å². The molecule has 0 fully saturated rings. The van der Waals surface area contributed by atoms with Gasteiger partial charge in [-0.05, 0) is 31.4 Å². The first-order valence-corrected chi connectivity index (χ1v) is 9.31. The molecule has 1 aliphatic rings. The first kappa shape index (κ1) is 18.3. The van der Waals surface area contributed by atoms with E-state index in [9.17, 15) is 14.4 Å². The highest BCUT2D eigenvalue weighted by molar-refractivity contribution is 7.09. The van der Waals surface area contributed by atoms with Crippen molar-refractivity contribution in [1.29, 1.82) is 0 Å². The number of imide groups is 1. The lowest BCUT2D eigenvalue weighted by Crippen LogP contribution is -2.46. The largest absolute Gasteiger partial charge is 0.458 e. The Labute approximate surface area is 155 Å². The third-order valence-electron chi connectivity index (χ3n) is 4.13. The zero-order valence-corrected chi connectivity index (χ0v) is 15.7. The Morgan fingerprint density at radius 2 is 1.81 bits per heavy atom. The molecule has 1 aromatic heterocycles. The smallest absolute Gasteiger partial charge is 0.329 e. The molecule has 1 aromatic carbocycles. The molecule has 1 aliphatic heterocycles. The van der Waals surface area contributed by atoms with E-state index in [-0.39, 0.29) is 12.5 Å². The van der Waals surface area contributed by atoms with Crippen LogP contribution in [0.3, 0.4) is 0 Å². The average molecular weight is 372 g/mol. The van der Waals surface area contributed by atoms with Crippen LogP contribution in [-0.4, -0.2) is 33.7 Å². The Hall–Kier alpha value is -2.54. The molecule has 1 atom stereocenters. The van der Waals surface area contributed by atoms with Gasteiger partial charge in [0.05, 0.1) is 21.8 Å². The van der Waals surface area contributed by atoms with Gasteiger partial charge in [-0.25, -0.2) is 9.78 Å². The molecule has 0 saturated carbocycles. The van der Waals surface area contributed by atoms with Gasteiger partial charge in [-0.3, -0.25) is 14.5 Å². The van der Waals surface area contributed by atoms with E-state index in [0.717, 1.165) is 9.91 Å². The number of rotatable bonds is 6. The fourth-order valence-corrected chi connectivity index (χ4v) is 3.56. The normalized spacial score (nSPS) is 14.7. The summed E-state index contributed by atoms with van der Waals surface area (Å²) in [5, 5.41) is 2.71. The number of aromatic nitrogens is 1. The Morgan fingerprint density at radius 3 is 2.31 bits per heavy atom. The van der Waals surface area contributed by atoms with E-state index < -0.39 is 23.8 Å². The molecule has 2 amide bonds. The summed E-state index contributed by atoms with van der Waals surface area (Å²) in [6, 6.07) is 5.67. The SMILES string of the molecule is Cc1nc(COC(=O)[C@@H](CC(C)C)N2C(=O)c3ccccc3C2=O)cs1. The molecule has 0 saturated heterocycles. The summed E-state index contributed by atoms with van der Waals surface area (Å²) in [5.74, 6) is -1.37. The van der Waals surface area contributed by atoms with Crippen LogP contribution in [-0.2, 0) is 16.1 Å². The molecule has 0 N–H and O–H groups in total. The van der Waals surface area contributed by atoms with E-state index in [1.54, 1.807) is 24.3 Å². The second-order valence-corrected chi connectivity index (χ2v) is 7.70. The summed E-state index contributed by atoms with van der Waals surface area (Å²) < 4.78 is 5.37. The van der Waals surface area contributed by atoms with Crippen molar-refractivity contribution < 1.29 is 19.1 Å². The monoisotopic (exact) mass is 372 g/mol. The van der Waals surface area contributed by atoms with E-state index in [2.05, 4.69) is 4.98 Å². The molecule has 2 aromatic rings. The standard InChI is InChI=1S/C19H20N2O4S/c1-11(2)8-16(19(24)25-9-13-10-26-12(3)20-13)21-17(22)14-6-4-5-7-15(14)18(21)23/h4-7,10-11,16H,8-9H2,1-3H3/t16-/m1/s1. The Kier molecular flexibility index (Phi) is 5.18. The van der Waals surface area contributed by atoms with Crippen LogP contribution in [0, 0.1) is 12.8 Å². The number of ether oxygens (including phenoxy) is 1. The third-order valence-corrected chi connectivity index (χ3v) is 4.96. The van der Waals surface area contributed by atoms with Crippen LogP contribution in [0.15, 0.2) is 29.6 Å². The van der Waals surface area contributed by atoms with Crippen LogP contribution in [0.5, 0.6) is 0 Å². The second-order valence-electron chi connectivity index (χ2n) is 6.64. The third kappa shape index (κ3) is 3.53. The zero-order valence-electron chi connectivity index (χ0n) is 14.9. The van der Waals surface area contributed by atoms with Gasteiger partial charge in [-0.2, -0.15) is 0 Å². The van der Waals surface area contributed by atoms with E-state index in [4.69, 9.17) is 4.74 Å². The molecule has 0 unspecified atom stereocenters. The molecule has 0 radical (unpaired) electrons. The van der Waals surface area contributed by atoms with Crippen LogP contribution in [0.2, 0.25) is 0 Å². The first-order valence-electron chi connectivity index (χ1n) is 8.43. The summed E-state index contributed by atoms with van der Waals surface area (Å²) in [5.41, 5.74) is 1.31. The molecule has 26 heavy (non-hydrogen) atoms. The van der Waals surface area contributed by atoms with Crippen molar-refractivity contribution in [2.45, 2.75) is 39.8 Å². The number of carbonyl (C=O) groups excluding carboxylic acids is 3. The highest BCUT2D eigenvalue weighted by atomic mass is 32.1. The summed E-state index contributed by atoms with van der Waals surface area (Å²) in [7, 11) is 0. The molecule has 0 spiro atoms. The molecule has 0 aliphatic carbocycles. The topological polar surface area (TPSA) is 76.6 Å². The molecule has 2 heterocycles. The fourth-order valence-electron chi connectivity index (χ4n) is 2.96. The van der Waals surface area contributed by atoms with Crippen LogP contribution in [0.1, 0.15) is 51.7 Å². The van der Waals surface area contributed by atoms with Gasteiger partial charge < -0.3 is 4.74 Å². The maximum atomic E-state index is 12.7. The minimum atomic E-state index is -0.942. The van der Waals surface area contributed by atoms with E-state index in [1.165, 1.54) is 11.3 Å². The number of amides is 2. The zero-order chi connectivity index (χ0) is 18.8. The van der Waals surface area contributed by atoms with Gasteiger partial charge >= 0.3 is 5.97 Å². The fraction of sp³-hybridized carbons (Fsp3) is 0.368. The number of aryl methyl sites for hydroxylation is 1. The average Bonchev–Trinajstić information content (AvgIpc) is 3.13. The minimum absolute atomic E-state index is 0.0287. The number of benzene rings is 1. The van der Waals surface area contributed by atoms with Crippen LogP contribution < -0.4 is 0 Å². The molecule has 3 rings (SSSR count). The van der Waals surface area contributed by atoms with Gasteiger partial charge in [0.15, 0.2) is 0 Å². The van der Waals surface area contributed by atoms with Gasteiger partial charge in [0.25, 0.3) is 11.8 Å². The van der Waals surface area contributed by atoms with Gasteiger partial charge in [0.1, 0.15) is 12.6 Å². The second kappa shape index (κ2) is 7.37. The lowest BCUT2D eigenvalue weighted by molar-refractivity contribution is -0.150. The van der Waals surface area contributed by atoms with Crippen molar-refractivity contribution in [2.24, 2.45) is 5.92 Å². The van der Waals surface area contributed by atoms with Crippen LogP contribution in [0.4, 0.5) is 0 Å². The summed E-state index contributed by atoms with van der Waals surface area (Å²) in [6.07, 6.45) is 0.348. The summed E-state index contributed by atoms with van der Waals surface area (Å²) in [6.45, 7) is 5.77. The molecular formula is C19H20N2O4S. The lowest BCUT2D eigenvalue weighted by Gasteiger charge is -2.25. The maximum Gasteiger partial charge on any atom is 0.329 e. The summed E-state index contributed by atoms with van der Waals surface area (Å²) in [4.78, 5) is 43.4. The highest BCUT2D eigenvalue weighted by Gasteiger charge is 2.43. The number of hydrogen-bond donors (Lipinski definition) is 0. The Balaban J connectivity index is 1.81. The predicted octanol–water partition coefficient (Wildman–Crippen LogP) is 3.21. The molecule has 6 nitrogen and oxygen atoms in total. The van der Waals surface area contributed by atoms with Crippen molar-refractivity contribution >= 4 is 29.1 Å². The maximum absolute atomic E-state index is 12.7. The predicted molar refractivity (Wildman–Crippen MR) is 96.8 cm³/mol. The first-order chi connectivity index (χ1) is 12.4. The minimum Gasteiger partial charge on any atom is -0.458 e. The van der Waals surface area contributed by atoms with Gasteiger partial charge in [0, 0.05) is 5.38 Å². The Morgan fingerprint density at radius 1 is 1.19 bits per heavy atom. The van der Waals surface area contributed by atoms with E-state index in [0.29, 0.717) is 23.2 Å². The number of hydrogen-bond acceptors (Lipinski definition) is 6. The number of fused-ring (bicyclic) bond motifs is 1. The number of nitrogens with zero attached hydrogens (tertiary/aromatic N) is 2. The van der Waals surface area contributed by atoms with Gasteiger partial charge in [-0.15, -0.1) is 11.3 Å². The molecular weight excluding hydrogens is 352 g/mol. The molecule has 0 bridgehead atoms. The lowest BCUT2D eigenvalue weighted by atomic mass is 10.0. The van der Waals surface area contributed by atoms with Crippen LogP contribution >= 0.6 is 11.3 Å². The van der Waals surface area contributed by atoms with Gasteiger partial charge in [0.2, 0.25) is 0 Å². The number of carbonyl (C=O) groups is 3. The highest BCUT2D eigenvalue weighted by Crippen LogP contribution is 2.27. The summed E-state index contributed by atoms with van der Waals surface area (Å²) >= 11 is 1.47. The number of thiazole rings is 1. The van der Waals surface area contributed by atoms with Crippen molar-refractivity contribution in [3.05, 3.63) is 51.5 Å². The number of esters is 1. The van der Waals surface area contributed by atoms with Crippen LogP contribution in [0.25, 0.3) is 0 Å². The molecule has 136 valence electrons. The molecule has 7 heteroatoms. The Bertz CT molecular complexity index is 824. The van der Waals surface area contributed by atoms with Crippen molar-refractivity contribution in [1.82, 2.24) is 9.88 Å². The van der Waals surface area contributed by atoms with Crippen molar-refractivity contribution in [3.8, 4) is 0 Å². The van der Waals surface area contributed by atoms with E-state index >= 15 is 0 Å². The quantitative estimate of drug-likeness (QED) is 0.575. The van der Waals surface area contributed by atoms with Crippen molar-refractivity contribution in [3.63, 3.8) is 0 Å².